The van der Waals surface area contributed by atoms with Gasteiger partial charge in [-0.1, -0.05) is 65.8 Å². The number of ether oxygens (including phenoxy) is 1. The fourth-order valence-electron chi connectivity index (χ4n) is 3.10. The standard InChI is InChI=1S/C22H23N3O4/c26-20(27)16-28-13-14-29-25-17-22(21-23-11-12-24-21,19-9-5-2-6-10-19)15-18-7-3-1-4-8-18/h1-12,17H,13-16H2,(H,23,24)(H,26,27). The lowest BCUT2D eigenvalue weighted by molar-refractivity contribution is -0.142. The topological polar surface area (TPSA) is 96.8 Å². The van der Waals surface area contributed by atoms with Gasteiger partial charge in [0.15, 0.2) is 0 Å². The Morgan fingerprint density at radius 3 is 2.48 bits per heavy atom. The van der Waals surface area contributed by atoms with Gasteiger partial charge in [0.2, 0.25) is 0 Å². The van der Waals surface area contributed by atoms with E-state index in [9.17, 15) is 4.79 Å². The number of rotatable bonds is 11. The van der Waals surface area contributed by atoms with Crippen molar-refractivity contribution in [1.29, 1.82) is 0 Å². The molecule has 29 heavy (non-hydrogen) atoms. The Kier molecular flexibility index (Phi) is 7.13. The first kappa shape index (κ1) is 20.3. The van der Waals surface area contributed by atoms with E-state index in [4.69, 9.17) is 14.7 Å². The van der Waals surface area contributed by atoms with E-state index in [1.807, 2.05) is 48.5 Å². The molecule has 1 atom stereocenters. The molecule has 0 fully saturated rings. The SMILES string of the molecule is O=C(O)COCCON=CC(Cc1ccccc1)(c1ccccc1)c1ncc[nH]1. The summed E-state index contributed by atoms with van der Waals surface area (Å²) in [6.07, 6.45) is 5.87. The van der Waals surface area contributed by atoms with Gasteiger partial charge in [-0.05, 0) is 17.5 Å². The van der Waals surface area contributed by atoms with Gasteiger partial charge < -0.3 is 19.7 Å². The van der Waals surface area contributed by atoms with E-state index in [-0.39, 0.29) is 19.8 Å². The molecule has 150 valence electrons. The van der Waals surface area contributed by atoms with Crippen molar-refractivity contribution in [3.8, 4) is 0 Å². The Morgan fingerprint density at radius 2 is 1.83 bits per heavy atom. The number of hydrogen-bond acceptors (Lipinski definition) is 5. The number of H-pyrrole nitrogens is 1. The summed E-state index contributed by atoms with van der Waals surface area (Å²) in [5.74, 6) is -0.265. The predicted octanol–water partition coefficient (Wildman–Crippen LogP) is 3.04. The average molecular weight is 393 g/mol. The zero-order chi connectivity index (χ0) is 20.4. The van der Waals surface area contributed by atoms with Crippen LogP contribution < -0.4 is 0 Å². The van der Waals surface area contributed by atoms with Crippen LogP contribution in [0.5, 0.6) is 0 Å². The van der Waals surface area contributed by atoms with E-state index < -0.39 is 11.4 Å². The van der Waals surface area contributed by atoms with Crippen LogP contribution in [0.2, 0.25) is 0 Å². The highest BCUT2D eigenvalue weighted by molar-refractivity contribution is 5.78. The van der Waals surface area contributed by atoms with Crippen molar-refractivity contribution in [2.24, 2.45) is 5.16 Å². The van der Waals surface area contributed by atoms with Crippen molar-refractivity contribution in [3.63, 3.8) is 0 Å². The molecular formula is C22H23N3O4. The summed E-state index contributed by atoms with van der Waals surface area (Å²) in [5.41, 5.74) is 1.49. The molecule has 7 nitrogen and oxygen atoms in total. The number of nitrogens with zero attached hydrogens (tertiary/aromatic N) is 2. The van der Waals surface area contributed by atoms with E-state index in [1.165, 1.54) is 0 Å². The lowest BCUT2D eigenvalue weighted by Crippen LogP contribution is -2.34. The lowest BCUT2D eigenvalue weighted by Gasteiger charge is -2.28. The van der Waals surface area contributed by atoms with E-state index in [0.29, 0.717) is 6.42 Å². The Labute approximate surface area is 169 Å². The van der Waals surface area contributed by atoms with Crippen LogP contribution in [-0.2, 0) is 26.2 Å². The number of aromatic amines is 1. The molecule has 7 heteroatoms. The number of aromatic nitrogens is 2. The molecule has 2 aromatic carbocycles. The summed E-state index contributed by atoms with van der Waals surface area (Å²) in [4.78, 5) is 23.6. The maximum Gasteiger partial charge on any atom is 0.329 e. The zero-order valence-corrected chi connectivity index (χ0v) is 15.9. The van der Waals surface area contributed by atoms with Crippen molar-refractivity contribution in [3.05, 3.63) is 90.0 Å². The van der Waals surface area contributed by atoms with Gasteiger partial charge in [0.1, 0.15) is 19.0 Å². The summed E-state index contributed by atoms with van der Waals surface area (Å²) < 4.78 is 4.96. The zero-order valence-electron chi connectivity index (χ0n) is 15.9. The molecule has 0 amide bonds. The first-order chi connectivity index (χ1) is 14.2. The molecule has 0 aliphatic carbocycles. The molecule has 3 rings (SSSR count). The summed E-state index contributed by atoms with van der Waals surface area (Å²) in [7, 11) is 0. The molecule has 1 unspecified atom stereocenters. The third-order valence-corrected chi connectivity index (χ3v) is 4.43. The normalized spacial score (nSPS) is 13.2. The van der Waals surface area contributed by atoms with E-state index in [1.54, 1.807) is 18.6 Å². The fraction of sp³-hybridized carbons (Fsp3) is 0.227. The highest BCUT2D eigenvalue weighted by atomic mass is 16.6. The van der Waals surface area contributed by atoms with Crippen LogP contribution in [0.4, 0.5) is 0 Å². The largest absolute Gasteiger partial charge is 0.480 e. The number of carboxylic acids is 1. The molecule has 2 N–H and O–H groups in total. The minimum absolute atomic E-state index is 0.140. The van der Waals surface area contributed by atoms with Gasteiger partial charge in [0, 0.05) is 12.4 Å². The van der Waals surface area contributed by atoms with Crippen molar-refractivity contribution in [2.45, 2.75) is 11.8 Å². The molecule has 0 aliphatic heterocycles. The Balaban J connectivity index is 1.86. The molecule has 1 heterocycles. The monoisotopic (exact) mass is 393 g/mol. The number of carboxylic acid groups (broad SMARTS) is 1. The maximum atomic E-state index is 10.5. The first-order valence-corrected chi connectivity index (χ1v) is 9.26. The fourth-order valence-corrected chi connectivity index (χ4v) is 3.10. The van der Waals surface area contributed by atoms with E-state index >= 15 is 0 Å². The summed E-state index contributed by atoms with van der Waals surface area (Å²) >= 11 is 0. The van der Waals surface area contributed by atoms with Gasteiger partial charge in [-0.3, -0.25) is 0 Å². The predicted molar refractivity (Wildman–Crippen MR) is 109 cm³/mol. The minimum Gasteiger partial charge on any atom is -0.480 e. The molecule has 0 bridgehead atoms. The van der Waals surface area contributed by atoms with Crippen LogP contribution in [0, 0.1) is 0 Å². The van der Waals surface area contributed by atoms with Crippen LogP contribution in [0.25, 0.3) is 0 Å². The lowest BCUT2D eigenvalue weighted by atomic mass is 9.75. The Morgan fingerprint density at radius 1 is 1.10 bits per heavy atom. The average Bonchev–Trinajstić information content (AvgIpc) is 3.29. The van der Waals surface area contributed by atoms with Crippen molar-refractivity contribution < 1.29 is 19.5 Å². The maximum absolute atomic E-state index is 10.5. The summed E-state index contributed by atoms with van der Waals surface area (Å²) in [6, 6.07) is 20.1. The minimum atomic E-state index is -1.02. The third-order valence-electron chi connectivity index (χ3n) is 4.43. The quantitative estimate of drug-likeness (QED) is 0.296. The van der Waals surface area contributed by atoms with Crippen LogP contribution in [0.1, 0.15) is 17.0 Å². The van der Waals surface area contributed by atoms with Crippen LogP contribution >= 0.6 is 0 Å². The third kappa shape index (κ3) is 5.52. The van der Waals surface area contributed by atoms with Crippen molar-refractivity contribution in [1.82, 2.24) is 9.97 Å². The number of nitrogens with one attached hydrogen (secondary N) is 1. The number of benzene rings is 2. The van der Waals surface area contributed by atoms with Crippen LogP contribution in [-0.4, -0.2) is 47.1 Å². The smallest absolute Gasteiger partial charge is 0.329 e. The molecule has 0 spiro atoms. The van der Waals surface area contributed by atoms with E-state index in [2.05, 4.69) is 27.3 Å². The van der Waals surface area contributed by atoms with Crippen molar-refractivity contribution in [2.75, 3.05) is 19.8 Å². The number of hydrogen-bond donors (Lipinski definition) is 2. The molecule has 0 aliphatic rings. The second-order valence-corrected chi connectivity index (χ2v) is 6.45. The highest BCUT2D eigenvalue weighted by Crippen LogP contribution is 2.32. The van der Waals surface area contributed by atoms with Gasteiger partial charge in [-0.15, -0.1) is 0 Å². The second kappa shape index (κ2) is 10.2. The second-order valence-electron chi connectivity index (χ2n) is 6.45. The van der Waals surface area contributed by atoms with Crippen LogP contribution in [0.3, 0.4) is 0 Å². The van der Waals surface area contributed by atoms with Gasteiger partial charge in [-0.2, -0.15) is 0 Å². The Bertz CT molecular complexity index is 898. The number of oxime groups is 1. The summed E-state index contributed by atoms with van der Waals surface area (Å²) in [5, 5.41) is 12.8. The number of aliphatic carboxylic acids is 1. The Hall–Kier alpha value is -3.45. The number of imidazole rings is 1. The molecule has 1 aromatic heterocycles. The molecule has 0 saturated carbocycles. The van der Waals surface area contributed by atoms with Gasteiger partial charge in [-0.25, -0.2) is 9.78 Å². The number of carbonyl (C=O) groups is 1. The first-order valence-electron chi connectivity index (χ1n) is 9.26. The van der Waals surface area contributed by atoms with Crippen LogP contribution in [0.15, 0.2) is 78.2 Å². The van der Waals surface area contributed by atoms with Gasteiger partial charge in [0.05, 0.1) is 18.2 Å². The molecule has 0 saturated heterocycles. The molecular weight excluding hydrogens is 370 g/mol. The highest BCUT2D eigenvalue weighted by Gasteiger charge is 2.36. The van der Waals surface area contributed by atoms with Gasteiger partial charge >= 0.3 is 5.97 Å². The molecule has 3 aromatic rings. The van der Waals surface area contributed by atoms with Gasteiger partial charge in [0.25, 0.3) is 0 Å². The van der Waals surface area contributed by atoms with Crippen molar-refractivity contribution >= 4 is 12.2 Å². The van der Waals surface area contributed by atoms with E-state index in [0.717, 1.165) is 17.0 Å². The summed E-state index contributed by atoms with van der Waals surface area (Å²) in [6.45, 7) is -0.0685. The molecule has 0 radical (unpaired) electrons.